The van der Waals surface area contributed by atoms with Crippen molar-refractivity contribution in [1.82, 2.24) is 20.2 Å². The van der Waals surface area contributed by atoms with Crippen molar-refractivity contribution in [3.05, 3.63) is 5.82 Å². The van der Waals surface area contributed by atoms with Crippen molar-refractivity contribution in [3.63, 3.8) is 0 Å². The SMILES string of the molecule is CCC(CC(N)=O)SCc1nnnn1C. The summed E-state index contributed by atoms with van der Waals surface area (Å²) in [4.78, 5) is 10.8. The number of carbonyl (C=O) groups is 1. The molecule has 0 saturated carbocycles. The molecule has 1 heterocycles. The number of aromatic nitrogens is 4. The fraction of sp³-hybridized carbons (Fsp3) is 0.750. The van der Waals surface area contributed by atoms with Crippen molar-refractivity contribution in [3.8, 4) is 0 Å². The van der Waals surface area contributed by atoms with Gasteiger partial charge in [0.25, 0.3) is 0 Å². The molecule has 0 fully saturated rings. The molecule has 1 unspecified atom stereocenters. The second-order valence-electron chi connectivity index (χ2n) is 3.23. The van der Waals surface area contributed by atoms with Gasteiger partial charge in [0.2, 0.25) is 5.91 Å². The lowest BCUT2D eigenvalue weighted by molar-refractivity contribution is -0.118. The Morgan fingerprint density at radius 1 is 1.67 bits per heavy atom. The van der Waals surface area contributed by atoms with E-state index >= 15 is 0 Å². The van der Waals surface area contributed by atoms with Crippen LogP contribution in [-0.4, -0.2) is 31.4 Å². The fourth-order valence-electron chi connectivity index (χ4n) is 1.11. The van der Waals surface area contributed by atoms with Gasteiger partial charge in [-0.25, -0.2) is 4.68 Å². The first-order valence-electron chi connectivity index (χ1n) is 4.74. The Labute approximate surface area is 92.6 Å². The van der Waals surface area contributed by atoms with Crippen LogP contribution < -0.4 is 5.73 Å². The van der Waals surface area contributed by atoms with Gasteiger partial charge in [-0.3, -0.25) is 4.79 Å². The third-order valence-electron chi connectivity index (χ3n) is 2.04. The summed E-state index contributed by atoms with van der Waals surface area (Å²) in [5.41, 5.74) is 5.15. The zero-order valence-electron chi connectivity index (χ0n) is 8.88. The highest BCUT2D eigenvalue weighted by Gasteiger charge is 2.12. The van der Waals surface area contributed by atoms with E-state index in [1.54, 1.807) is 23.5 Å². The Kier molecular flexibility index (Phi) is 4.54. The molecular weight excluding hydrogens is 214 g/mol. The van der Waals surface area contributed by atoms with Crippen LogP contribution in [0.15, 0.2) is 0 Å². The molecular formula is C8H15N5OS. The zero-order chi connectivity index (χ0) is 11.3. The fourth-order valence-corrected chi connectivity index (χ4v) is 2.26. The van der Waals surface area contributed by atoms with Crippen LogP contribution in [-0.2, 0) is 17.6 Å². The second-order valence-corrected chi connectivity index (χ2v) is 4.52. The number of nitrogens with zero attached hydrogens (tertiary/aromatic N) is 4. The molecule has 1 aromatic heterocycles. The van der Waals surface area contributed by atoms with E-state index in [1.165, 1.54) is 0 Å². The van der Waals surface area contributed by atoms with Crippen LogP contribution in [0.3, 0.4) is 0 Å². The molecule has 7 heteroatoms. The number of carbonyl (C=O) groups excluding carboxylic acids is 1. The van der Waals surface area contributed by atoms with Crippen molar-refractivity contribution in [1.29, 1.82) is 0 Å². The van der Waals surface area contributed by atoms with Crippen molar-refractivity contribution < 1.29 is 4.79 Å². The highest BCUT2D eigenvalue weighted by Crippen LogP contribution is 2.21. The third kappa shape index (κ3) is 3.86. The molecule has 1 rings (SSSR count). The molecule has 0 aromatic carbocycles. The maximum atomic E-state index is 10.8. The molecule has 0 aliphatic carbocycles. The minimum Gasteiger partial charge on any atom is -0.370 e. The number of thioether (sulfide) groups is 1. The van der Waals surface area contributed by atoms with Crippen LogP contribution in [0.2, 0.25) is 0 Å². The van der Waals surface area contributed by atoms with Gasteiger partial charge in [0.15, 0.2) is 5.82 Å². The summed E-state index contributed by atoms with van der Waals surface area (Å²) in [6.45, 7) is 2.04. The molecule has 15 heavy (non-hydrogen) atoms. The lowest BCUT2D eigenvalue weighted by Gasteiger charge is -2.11. The molecule has 0 aliphatic rings. The van der Waals surface area contributed by atoms with Crippen LogP contribution in [0.4, 0.5) is 0 Å². The monoisotopic (exact) mass is 229 g/mol. The van der Waals surface area contributed by atoms with Crippen LogP contribution in [0.5, 0.6) is 0 Å². The first kappa shape index (κ1) is 12.0. The third-order valence-corrected chi connectivity index (χ3v) is 3.44. The molecule has 0 bridgehead atoms. The van der Waals surface area contributed by atoms with Gasteiger partial charge in [-0.2, -0.15) is 0 Å². The summed E-state index contributed by atoms with van der Waals surface area (Å²) < 4.78 is 1.63. The van der Waals surface area contributed by atoms with E-state index in [0.29, 0.717) is 12.2 Å². The van der Waals surface area contributed by atoms with Crippen molar-refractivity contribution in [2.75, 3.05) is 0 Å². The Bertz CT molecular complexity index is 327. The van der Waals surface area contributed by atoms with Crippen molar-refractivity contribution >= 4 is 17.7 Å². The van der Waals surface area contributed by atoms with E-state index in [1.807, 2.05) is 6.92 Å². The molecule has 2 N–H and O–H groups in total. The lowest BCUT2D eigenvalue weighted by Crippen LogP contribution is -2.17. The molecule has 1 amide bonds. The van der Waals surface area contributed by atoms with Crippen molar-refractivity contribution in [2.24, 2.45) is 12.8 Å². The van der Waals surface area contributed by atoms with Gasteiger partial charge < -0.3 is 5.73 Å². The molecule has 0 radical (unpaired) electrons. The largest absolute Gasteiger partial charge is 0.370 e. The highest BCUT2D eigenvalue weighted by atomic mass is 32.2. The minimum atomic E-state index is -0.259. The summed E-state index contributed by atoms with van der Waals surface area (Å²) >= 11 is 1.66. The smallest absolute Gasteiger partial charge is 0.218 e. The standard InChI is InChI=1S/C8H15N5OS/c1-3-6(4-7(9)14)15-5-8-10-11-12-13(8)2/h6H,3-5H2,1-2H3,(H2,9,14). The van der Waals surface area contributed by atoms with E-state index in [-0.39, 0.29) is 11.2 Å². The second kappa shape index (κ2) is 5.69. The first-order valence-corrected chi connectivity index (χ1v) is 5.79. The number of hydrogen-bond donors (Lipinski definition) is 1. The summed E-state index contributed by atoms with van der Waals surface area (Å²) in [7, 11) is 1.80. The topological polar surface area (TPSA) is 86.7 Å². The van der Waals surface area contributed by atoms with Gasteiger partial charge in [-0.1, -0.05) is 6.92 Å². The molecule has 84 valence electrons. The number of tetrazole rings is 1. The molecule has 6 nitrogen and oxygen atoms in total. The number of hydrogen-bond acceptors (Lipinski definition) is 5. The maximum Gasteiger partial charge on any atom is 0.218 e. The lowest BCUT2D eigenvalue weighted by atomic mass is 10.2. The van der Waals surface area contributed by atoms with Crippen LogP contribution in [0.1, 0.15) is 25.6 Å². The van der Waals surface area contributed by atoms with E-state index in [4.69, 9.17) is 5.73 Å². The number of rotatable bonds is 6. The number of primary amides is 1. The predicted molar refractivity (Wildman–Crippen MR) is 58.0 cm³/mol. The molecule has 1 atom stereocenters. The molecule has 0 aliphatic heterocycles. The van der Waals surface area contributed by atoms with Crippen LogP contribution in [0.25, 0.3) is 0 Å². The Morgan fingerprint density at radius 2 is 2.40 bits per heavy atom. The highest BCUT2D eigenvalue weighted by molar-refractivity contribution is 7.99. The predicted octanol–water partition coefficient (Wildman–Crippen LogP) is 0.0973. The van der Waals surface area contributed by atoms with Gasteiger partial charge >= 0.3 is 0 Å². The average Bonchev–Trinajstić information content (AvgIpc) is 2.58. The molecule has 0 spiro atoms. The van der Waals surface area contributed by atoms with Gasteiger partial charge in [0.1, 0.15) is 0 Å². The Hall–Kier alpha value is -1.11. The van der Waals surface area contributed by atoms with Crippen LogP contribution >= 0.6 is 11.8 Å². The maximum absolute atomic E-state index is 10.8. The van der Waals surface area contributed by atoms with Gasteiger partial charge in [0, 0.05) is 18.7 Å². The number of nitrogens with two attached hydrogens (primary N) is 1. The summed E-state index contributed by atoms with van der Waals surface area (Å²) in [6, 6.07) is 0. The van der Waals surface area contributed by atoms with Gasteiger partial charge in [-0.05, 0) is 16.8 Å². The zero-order valence-corrected chi connectivity index (χ0v) is 9.70. The summed E-state index contributed by atoms with van der Waals surface area (Å²) in [5.74, 6) is 1.25. The summed E-state index contributed by atoms with van der Waals surface area (Å²) in [6.07, 6.45) is 1.32. The average molecular weight is 229 g/mol. The normalized spacial score (nSPS) is 12.7. The number of amides is 1. The minimum absolute atomic E-state index is 0.249. The molecule has 0 saturated heterocycles. The van der Waals surface area contributed by atoms with E-state index in [0.717, 1.165) is 12.2 Å². The van der Waals surface area contributed by atoms with Crippen LogP contribution in [0, 0.1) is 0 Å². The number of aryl methyl sites for hydroxylation is 1. The Morgan fingerprint density at radius 3 is 2.87 bits per heavy atom. The van der Waals surface area contributed by atoms with E-state index < -0.39 is 0 Å². The Balaban J connectivity index is 2.41. The van der Waals surface area contributed by atoms with Gasteiger partial charge in [0.05, 0.1) is 5.75 Å². The molecule has 1 aromatic rings. The first-order chi connectivity index (χ1) is 7.13. The summed E-state index contributed by atoms with van der Waals surface area (Å²) in [5, 5.41) is 11.4. The van der Waals surface area contributed by atoms with Gasteiger partial charge in [-0.15, -0.1) is 16.9 Å². The quantitative estimate of drug-likeness (QED) is 0.747. The van der Waals surface area contributed by atoms with E-state index in [9.17, 15) is 4.79 Å². The van der Waals surface area contributed by atoms with Crippen molar-refractivity contribution in [2.45, 2.75) is 30.8 Å². The van der Waals surface area contributed by atoms with E-state index in [2.05, 4.69) is 15.5 Å².